The molecule has 0 aliphatic carbocycles. The van der Waals surface area contributed by atoms with Crippen LogP contribution in [0.15, 0.2) is 30.3 Å². The summed E-state index contributed by atoms with van der Waals surface area (Å²) in [5.74, 6) is 0.128. The molecule has 2 unspecified atom stereocenters. The largest absolute Gasteiger partial charge is 0.390 e. The number of aliphatic hydroxyl groups is 1. The van der Waals surface area contributed by atoms with Gasteiger partial charge in [0.05, 0.1) is 12.7 Å². The Balaban J connectivity index is 2.52. The van der Waals surface area contributed by atoms with Crippen molar-refractivity contribution in [2.24, 2.45) is 0 Å². The standard InChI is InChI=1S/C12H18O2/c1-3-14-9-12(13)10(2)11-7-5-4-6-8-11/h4-8,10,12-13H,3,9H2,1-2H3. The second-order valence-electron chi connectivity index (χ2n) is 3.43. The maximum absolute atomic E-state index is 9.78. The van der Waals surface area contributed by atoms with Crippen LogP contribution < -0.4 is 0 Å². The van der Waals surface area contributed by atoms with Gasteiger partial charge in [-0.2, -0.15) is 0 Å². The van der Waals surface area contributed by atoms with E-state index in [1.165, 1.54) is 0 Å². The Morgan fingerprint density at radius 1 is 1.29 bits per heavy atom. The van der Waals surface area contributed by atoms with E-state index in [2.05, 4.69) is 0 Å². The van der Waals surface area contributed by atoms with E-state index in [0.29, 0.717) is 13.2 Å². The first-order valence-electron chi connectivity index (χ1n) is 5.06. The molecule has 1 rings (SSSR count). The van der Waals surface area contributed by atoms with Gasteiger partial charge in [0.1, 0.15) is 0 Å². The van der Waals surface area contributed by atoms with Crippen LogP contribution in [0.4, 0.5) is 0 Å². The first-order valence-corrected chi connectivity index (χ1v) is 5.06. The van der Waals surface area contributed by atoms with Gasteiger partial charge in [-0.15, -0.1) is 0 Å². The number of benzene rings is 1. The van der Waals surface area contributed by atoms with Gasteiger partial charge < -0.3 is 9.84 Å². The average Bonchev–Trinajstić information content (AvgIpc) is 2.26. The van der Waals surface area contributed by atoms with Crippen LogP contribution in [0.2, 0.25) is 0 Å². The summed E-state index contributed by atoms with van der Waals surface area (Å²) in [6, 6.07) is 10.0. The lowest BCUT2D eigenvalue weighted by molar-refractivity contribution is 0.0305. The molecule has 14 heavy (non-hydrogen) atoms. The van der Waals surface area contributed by atoms with Crippen LogP contribution in [-0.4, -0.2) is 24.4 Å². The summed E-state index contributed by atoms with van der Waals surface area (Å²) in [6.45, 7) is 5.00. The highest BCUT2D eigenvalue weighted by Crippen LogP contribution is 2.18. The van der Waals surface area contributed by atoms with Crippen molar-refractivity contribution in [3.8, 4) is 0 Å². The summed E-state index contributed by atoms with van der Waals surface area (Å²) in [7, 11) is 0. The molecule has 0 spiro atoms. The molecule has 1 aromatic carbocycles. The molecular formula is C12H18O2. The van der Waals surface area contributed by atoms with Crippen molar-refractivity contribution in [1.29, 1.82) is 0 Å². The maximum atomic E-state index is 9.78. The minimum Gasteiger partial charge on any atom is -0.390 e. The zero-order chi connectivity index (χ0) is 10.4. The molecule has 2 nitrogen and oxygen atoms in total. The van der Waals surface area contributed by atoms with Gasteiger partial charge >= 0.3 is 0 Å². The fourth-order valence-electron chi connectivity index (χ4n) is 1.36. The van der Waals surface area contributed by atoms with Crippen LogP contribution in [-0.2, 0) is 4.74 Å². The molecule has 0 bridgehead atoms. The first-order chi connectivity index (χ1) is 6.75. The summed E-state index contributed by atoms with van der Waals surface area (Å²) in [5, 5.41) is 9.78. The lowest BCUT2D eigenvalue weighted by Crippen LogP contribution is -2.22. The van der Waals surface area contributed by atoms with Crippen molar-refractivity contribution in [2.75, 3.05) is 13.2 Å². The molecule has 0 radical (unpaired) electrons. The molecule has 0 heterocycles. The smallest absolute Gasteiger partial charge is 0.0839 e. The van der Waals surface area contributed by atoms with E-state index < -0.39 is 6.10 Å². The van der Waals surface area contributed by atoms with Crippen molar-refractivity contribution in [3.63, 3.8) is 0 Å². The van der Waals surface area contributed by atoms with Gasteiger partial charge in [-0.25, -0.2) is 0 Å². The number of ether oxygens (including phenoxy) is 1. The summed E-state index contributed by atoms with van der Waals surface area (Å²) in [6.07, 6.45) is -0.419. The Hall–Kier alpha value is -0.860. The number of rotatable bonds is 5. The predicted molar refractivity (Wildman–Crippen MR) is 57.4 cm³/mol. The van der Waals surface area contributed by atoms with Crippen molar-refractivity contribution in [3.05, 3.63) is 35.9 Å². The Kier molecular flexibility index (Phi) is 4.63. The summed E-state index contributed by atoms with van der Waals surface area (Å²) in [4.78, 5) is 0. The van der Waals surface area contributed by atoms with Crippen LogP contribution in [0.3, 0.4) is 0 Å². The highest BCUT2D eigenvalue weighted by molar-refractivity contribution is 5.19. The predicted octanol–water partition coefficient (Wildman–Crippen LogP) is 2.19. The second-order valence-corrected chi connectivity index (χ2v) is 3.43. The number of hydrogen-bond acceptors (Lipinski definition) is 2. The average molecular weight is 194 g/mol. The zero-order valence-electron chi connectivity index (χ0n) is 8.81. The van der Waals surface area contributed by atoms with Gasteiger partial charge in [0.2, 0.25) is 0 Å². The maximum Gasteiger partial charge on any atom is 0.0839 e. The highest BCUT2D eigenvalue weighted by atomic mass is 16.5. The van der Waals surface area contributed by atoms with Crippen molar-refractivity contribution < 1.29 is 9.84 Å². The minimum absolute atomic E-state index is 0.128. The summed E-state index contributed by atoms with van der Waals surface area (Å²) in [5.41, 5.74) is 1.15. The number of hydrogen-bond donors (Lipinski definition) is 1. The molecule has 0 fully saturated rings. The van der Waals surface area contributed by atoms with E-state index in [-0.39, 0.29) is 5.92 Å². The van der Waals surface area contributed by atoms with Gasteiger partial charge in [0.25, 0.3) is 0 Å². The Morgan fingerprint density at radius 3 is 2.50 bits per heavy atom. The van der Waals surface area contributed by atoms with E-state index in [1.54, 1.807) is 0 Å². The highest BCUT2D eigenvalue weighted by Gasteiger charge is 2.15. The minimum atomic E-state index is -0.419. The molecule has 0 saturated heterocycles. The molecule has 2 atom stereocenters. The molecule has 1 aromatic rings. The third-order valence-corrected chi connectivity index (χ3v) is 2.40. The van der Waals surface area contributed by atoms with E-state index in [1.807, 2.05) is 44.2 Å². The third-order valence-electron chi connectivity index (χ3n) is 2.40. The van der Waals surface area contributed by atoms with Gasteiger partial charge in [-0.3, -0.25) is 0 Å². The van der Waals surface area contributed by atoms with E-state index in [0.717, 1.165) is 5.56 Å². The Morgan fingerprint density at radius 2 is 1.93 bits per heavy atom. The van der Waals surface area contributed by atoms with Gasteiger partial charge in [0.15, 0.2) is 0 Å². The molecule has 0 aliphatic rings. The second kappa shape index (κ2) is 5.78. The molecule has 2 heteroatoms. The summed E-state index contributed by atoms with van der Waals surface area (Å²) >= 11 is 0. The van der Waals surface area contributed by atoms with E-state index >= 15 is 0 Å². The van der Waals surface area contributed by atoms with Crippen LogP contribution in [0.5, 0.6) is 0 Å². The molecule has 78 valence electrons. The fourth-order valence-corrected chi connectivity index (χ4v) is 1.36. The Labute approximate surface area is 85.5 Å². The molecule has 1 N–H and O–H groups in total. The van der Waals surface area contributed by atoms with Crippen LogP contribution in [0.25, 0.3) is 0 Å². The normalized spacial score (nSPS) is 15.1. The Bertz CT molecular complexity index is 246. The van der Waals surface area contributed by atoms with Crippen LogP contribution >= 0.6 is 0 Å². The van der Waals surface area contributed by atoms with Gasteiger partial charge in [-0.1, -0.05) is 37.3 Å². The van der Waals surface area contributed by atoms with Crippen LogP contribution in [0.1, 0.15) is 25.3 Å². The zero-order valence-corrected chi connectivity index (χ0v) is 8.81. The van der Waals surface area contributed by atoms with Gasteiger partial charge in [0, 0.05) is 12.5 Å². The monoisotopic (exact) mass is 194 g/mol. The SMILES string of the molecule is CCOCC(O)C(C)c1ccccc1. The van der Waals surface area contributed by atoms with Gasteiger partial charge in [-0.05, 0) is 12.5 Å². The van der Waals surface area contributed by atoms with Crippen LogP contribution in [0, 0.1) is 0 Å². The van der Waals surface area contributed by atoms with Crippen molar-refractivity contribution >= 4 is 0 Å². The lowest BCUT2D eigenvalue weighted by Gasteiger charge is -2.18. The lowest BCUT2D eigenvalue weighted by atomic mass is 9.96. The quantitative estimate of drug-likeness (QED) is 0.778. The third kappa shape index (κ3) is 3.13. The van der Waals surface area contributed by atoms with E-state index in [9.17, 15) is 5.11 Å². The molecule has 0 amide bonds. The topological polar surface area (TPSA) is 29.5 Å². The summed E-state index contributed by atoms with van der Waals surface area (Å²) < 4.78 is 5.19. The molecule has 0 aromatic heterocycles. The van der Waals surface area contributed by atoms with Crippen molar-refractivity contribution in [2.45, 2.75) is 25.9 Å². The van der Waals surface area contributed by atoms with E-state index in [4.69, 9.17) is 4.74 Å². The van der Waals surface area contributed by atoms with Crippen molar-refractivity contribution in [1.82, 2.24) is 0 Å². The molecule has 0 aliphatic heterocycles. The molecule has 0 saturated carbocycles. The first kappa shape index (κ1) is 11.2. The fraction of sp³-hybridized carbons (Fsp3) is 0.500. The molecular weight excluding hydrogens is 176 g/mol. The number of aliphatic hydroxyl groups excluding tert-OH is 1.